The standard InChI is InChI=1S/C14H21Cl2N3O/c1-19(2)9-3-7-18-14(20)6-8-17-11-4-5-12(15)13(16)10-11/h4-5,10,17H,3,6-9H2,1-2H3,(H,18,20). The number of rotatable bonds is 8. The molecule has 0 bridgehead atoms. The van der Waals surface area contributed by atoms with E-state index >= 15 is 0 Å². The predicted octanol–water partition coefficient (Wildman–Crippen LogP) is 2.86. The van der Waals surface area contributed by atoms with Gasteiger partial charge in [-0.05, 0) is 45.3 Å². The van der Waals surface area contributed by atoms with Crippen molar-refractivity contribution in [3.63, 3.8) is 0 Å². The summed E-state index contributed by atoms with van der Waals surface area (Å²) in [7, 11) is 4.03. The predicted molar refractivity (Wildman–Crippen MR) is 85.7 cm³/mol. The molecule has 1 aromatic rings. The van der Waals surface area contributed by atoms with Crippen molar-refractivity contribution in [1.29, 1.82) is 0 Å². The van der Waals surface area contributed by atoms with E-state index in [-0.39, 0.29) is 5.91 Å². The van der Waals surface area contributed by atoms with Gasteiger partial charge in [-0.2, -0.15) is 0 Å². The Bertz CT molecular complexity index is 438. The van der Waals surface area contributed by atoms with Crippen molar-refractivity contribution >= 4 is 34.8 Å². The van der Waals surface area contributed by atoms with Crippen LogP contribution in [0.25, 0.3) is 0 Å². The number of carbonyl (C=O) groups excluding carboxylic acids is 1. The molecule has 0 aromatic heterocycles. The number of hydrogen-bond acceptors (Lipinski definition) is 3. The highest BCUT2D eigenvalue weighted by atomic mass is 35.5. The summed E-state index contributed by atoms with van der Waals surface area (Å²) in [4.78, 5) is 13.7. The number of hydrogen-bond donors (Lipinski definition) is 2. The van der Waals surface area contributed by atoms with Gasteiger partial charge in [0.2, 0.25) is 5.91 Å². The summed E-state index contributed by atoms with van der Waals surface area (Å²) >= 11 is 11.7. The Morgan fingerprint density at radius 1 is 1.20 bits per heavy atom. The van der Waals surface area contributed by atoms with E-state index in [1.165, 1.54) is 0 Å². The summed E-state index contributed by atoms with van der Waals surface area (Å²) in [5.74, 6) is 0.0521. The lowest BCUT2D eigenvalue weighted by Gasteiger charge is -2.10. The van der Waals surface area contributed by atoms with Gasteiger partial charge < -0.3 is 15.5 Å². The maximum atomic E-state index is 11.6. The highest BCUT2D eigenvalue weighted by Crippen LogP contribution is 2.24. The van der Waals surface area contributed by atoms with Gasteiger partial charge in [0.1, 0.15) is 0 Å². The van der Waals surface area contributed by atoms with Crippen molar-refractivity contribution in [2.45, 2.75) is 12.8 Å². The Labute approximate surface area is 130 Å². The number of anilines is 1. The zero-order valence-corrected chi connectivity index (χ0v) is 13.4. The minimum absolute atomic E-state index is 0.0521. The van der Waals surface area contributed by atoms with Crippen LogP contribution >= 0.6 is 23.2 Å². The first-order chi connectivity index (χ1) is 9.49. The van der Waals surface area contributed by atoms with Crippen molar-refractivity contribution < 1.29 is 4.79 Å². The molecule has 0 saturated carbocycles. The van der Waals surface area contributed by atoms with Gasteiger partial charge in [-0.25, -0.2) is 0 Å². The summed E-state index contributed by atoms with van der Waals surface area (Å²) < 4.78 is 0. The van der Waals surface area contributed by atoms with Crippen molar-refractivity contribution in [1.82, 2.24) is 10.2 Å². The number of benzene rings is 1. The molecule has 112 valence electrons. The normalized spacial score (nSPS) is 10.7. The number of halogens is 2. The average Bonchev–Trinajstić information content (AvgIpc) is 2.39. The van der Waals surface area contributed by atoms with Crippen LogP contribution in [0.15, 0.2) is 18.2 Å². The number of carbonyl (C=O) groups is 1. The van der Waals surface area contributed by atoms with Gasteiger partial charge in [0.15, 0.2) is 0 Å². The van der Waals surface area contributed by atoms with Crippen molar-refractivity contribution in [2.24, 2.45) is 0 Å². The van der Waals surface area contributed by atoms with Crippen LogP contribution in [0.2, 0.25) is 10.0 Å². The second-order valence-corrected chi connectivity index (χ2v) is 5.63. The van der Waals surface area contributed by atoms with Crippen LogP contribution in [0.5, 0.6) is 0 Å². The van der Waals surface area contributed by atoms with Crippen molar-refractivity contribution in [3.8, 4) is 0 Å². The summed E-state index contributed by atoms with van der Waals surface area (Å²) in [6, 6.07) is 5.32. The second-order valence-electron chi connectivity index (χ2n) is 4.81. The van der Waals surface area contributed by atoms with E-state index in [0.29, 0.717) is 29.6 Å². The van der Waals surface area contributed by atoms with E-state index in [4.69, 9.17) is 23.2 Å². The SMILES string of the molecule is CN(C)CCCNC(=O)CCNc1ccc(Cl)c(Cl)c1. The summed E-state index contributed by atoms with van der Waals surface area (Å²) in [6.07, 6.45) is 1.39. The monoisotopic (exact) mass is 317 g/mol. The van der Waals surface area contributed by atoms with Crippen LogP contribution in [0, 0.1) is 0 Å². The minimum Gasteiger partial charge on any atom is -0.384 e. The lowest BCUT2D eigenvalue weighted by molar-refractivity contribution is -0.120. The van der Waals surface area contributed by atoms with Crippen LogP contribution in [-0.4, -0.2) is 44.5 Å². The van der Waals surface area contributed by atoms with Gasteiger partial charge >= 0.3 is 0 Å². The highest BCUT2D eigenvalue weighted by Gasteiger charge is 2.02. The molecule has 0 fully saturated rings. The smallest absolute Gasteiger partial charge is 0.221 e. The van der Waals surface area contributed by atoms with E-state index in [1.54, 1.807) is 12.1 Å². The van der Waals surface area contributed by atoms with Crippen LogP contribution in [0.3, 0.4) is 0 Å². The highest BCUT2D eigenvalue weighted by molar-refractivity contribution is 6.42. The Morgan fingerprint density at radius 2 is 1.95 bits per heavy atom. The largest absolute Gasteiger partial charge is 0.384 e. The Kier molecular flexibility index (Phi) is 7.73. The zero-order valence-electron chi connectivity index (χ0n) is 11.9. The quantitative estimate of drug-likeness (QED) is 0.725. The molecule has 0 heterocycles. The van der Waals surface area contributed by atoms with Gasteiger partial charge in [-0.15, -0.1) is 0 Å². The maximum absolute atomic E-state index is 11.6. The molecule has 0 spiro atoms. The fourth-order valence-corrected chi connectivity index (χ4v) is 1.94. The molecule has 0 aliphatic heterocycles. The molecule has 0 saturated heterocycles. The molecule has 6 heteroatoms. The first kappa shape index (κ1) is 17.1. The molecule has 0 aliphatic rings. The third-order valence-corrected chi connectivity index (χ3v) is 3.44. The minimum atomic E-state index is 0.0521. The van der Waals surface area contributed by atoms with Crippen LogP contribution < -0.4 is 10.6 Å². The molecule has 20 heavy (non-hydrogen) atoms. The lowest BCUT2D eigenvalue weighted by Crippen LogP contribution is -2.28. The van der Waals surface area contributed by atoms with Crippen molar-refractivity contribution in [2.75, 3.05) is 39.0 Å². The van der Waals surface area contributed by atoms with Gasteiger partial charge in [-0.3, -0.25) is 4.79 Å². The topological polar surface area (TPSA) is 44.4 Å². The van der Waals surface area contributed by atoms with E-state index in [0.717, 1.165) is 18.7 Å². The van der Waals surface area contributed by atoms with E-state index in [1.807, 2.05) is 20.2 Å². The molecule has 1 amide bonds. The van der Waals surface area contributed by atoms with Crippen LogP contribution in [0.4, 0.5) is 5.69 Å². The Hall–Kier alpha value is -0.970. The molecule has 1 aromatic carbocycles. The number of nitrogens with zero attached hydrogens (tertiary/aromatic N) is 1. The molecule has 2 N–H and O–H groups in total. The van der Waals surface area contributed by atoms with E-state index < -0.39 is 0 Å². The zero-order chi connectivity index (χ0) is 15.0. The lowest BCUT2D eigenvalue weighted by atomic mass is 10.3. The molecular weight excluding hydrogens is 297 g/mol. The maximum Gasteiger partial charge on any atom is 0.221 e. The summed E-state index contributed by atoms with van der Waals surface area (Å²) in [6.45, 7) is 2.25. The molecule has 0 atom stereocenters. The number of amides is 1. The van der Waals surface area contributed by atoms with Gasteiger partial charge in [0.05, 0.1) is 10.0 Å². The van der Waals surface area contributed by atoms with Crippen LogP contribution in [0.1, 0.15) is 12.8 Å². The first-order valence-corrected chi connectivity index (χ1v) is 7.35. The second kappa shape index (κ2) is 9.06. The molecule has 1 rings (SSSR count). The van der Waals surface area contributed by atoms with E-state index in [9.17, 15) is 4.79 Å². The molecule has 0 unspecified atom stereocenters. The molecule has 0 radical (unpaired) electrons. The first-order valence-electron chi connectivity index (χ1n) is 6.59. The van der Waals surface area contributed by atoms with Crippen molar-refractivity contribution in [3.05, 3.63) is 28.2 Å². The number of nitrogens with one attached hydrogen (secondary N) is 2. The van der Waals surface area contributed by atoms with Gasteiger partial charge in [0.25, 0.3) is 0 Å². The van der Waals surface area contributed by atoms with E-state index in [2.05, 4.69) is 15.5 Å². The van der Waals surface area contributed by atoms with Gasteiger partial charge in [-0.1, -0.05) is 23.2 Å². The fourth-order valence-electron chi connectivity index (χ4n) is 1.64. The van der Waals surface area contributed by atoms with Gasteiger partial charge in [0, 0.05) is 25.2 Å². The summed E-state index contributed by atoms with van der Waals surface area (Å²) in [5, 5.41) is 7.06. The summed E-state index contributed by atoms with van der Waals surface area (Å²) in [5.41, 5.74) is 0.861. The fraction of sp³-hybridized carbons (Fsp3) is 0.500. The molecular formula is C14H21Cl2N3O. The Morgan fingerprint density at radius 3 is 2.60 bits per heavy atom. The average molecular weight is 318 g/mol. The molecule has 0 aliphatic carbocycles. The third-order valence-electron chi connectivity index (χ3n) is 2.71. The Balaban J connectivity index is 2.16. The van der Waals surface area contributed by atoms with Crippen LogP contribution in [-0.2, 0) is 4.79 Å². The third kappa shape index (κ3) is 6.98. The molecule has 4 nitrogen and oxygen atoms in total.